The summed E-state index contributed by atoms with van der Waals surface area (Å²) in [5.41, 5.74) is 6.61. The summed E-state index contributed by atoms with van der Waals surface area (Å²) in [6.45, 7) is 0.505. The van der Waals surface area contributed by atoms with Gasteiger partial charge in [0.1, 0.15) is 0 Å². The smallest absolute Gasteiger partial charge is 0.258 e. The van der Waals surface area contributed by atoms with E-state index in [0.717, 1.165) is 16.3 Å². The lowest BCUT2D eigenvalue weighted by atomic mass is 10.1. The fourth-order valence-corrected chi connectivity index (χ4v) is 1.52. The quantitative estimate of drug-likeness (QED) is 0.725. The number of benzene rings is 1. The van der Waals surface area contributed by atoms with Crippen LogP contribution in [0.4, 0.5) is 0 Å². The summed E-state index contributed by atoms with van der Waals surface area (Å²) >= 11 is 0. The van der Waals surface area contributed by atoms with Gasteiger partial charge in [-0.25, -0.2) is 0 Å². The molecule has 0 spiro atoms. The number of hydrogen-bond donors (Lipinski definition) is 1. The highest BCUT2D eigenvalue weighted by Crippen LogP contribution is 2.11. The van der Waals surface area contributed by atoms with Crippen LogP contribution in [0.25, 0.3) is 10.8 Å². The Kier molecular flexibility index (Phi) is 2.09. The molecule has 0 unspecified atom stereocenters. The number of pyridine rings is 1. The van der Waals surface area contributed by atoms with E-state index in [9.17, 15) is 4.79 Å². The summed E-state index contributed by atoms with van der Waals surface area (Å²) in [7, 11) is 1.75. The van der Waals surface area contributed by atoms with Crippen LogP contribution >= 0.6 is 0 Å². The van der Waals surface area contributed by atoms with Crippen LogP contribution in [0.15, 0.2) is 35.3 Å². The number of aryl methyl sites for hydroxylation is 1. The molecule has 2 aromatic rings. The number of nitrogens with zero attached hydrogens (tertiary/aromatic N) is 1. The van der Waals surface area contributed by atoms with Gasteiger partial charge in [0.25, 0.3) is 5.56 Å². The van der Waals surface area contributed by atoms with Crippen molar-refractivity contribution in [1.29, 1.82) is 0 Å². The number of aromatic nitrogens is 1. The first-order valence-corrected chi connectivity index (χ1v) is 4.50. The van der Waals surface area contributed by atoms with Gasteiger partial charge in [-0.05, 0) is 29.1 Å². The molecule has 0 aliphatic rings. The molecule has 0 amide bonds. The monoisotopic (exact) mass is 188 g/mol. The molecule has 0 atom stereocenters. The van der Waals surface area contributed by atoms with E-state index in [0.29, 0.717) is 6.54 Å². The van der Waals surface area contributed by atoms with E-state index in [1.165, 1.54) is 0 Å². The Morgan fingerprint density at radius 1 is 1.36 bits per heavy atom. The number of nitrogens with two attached hydrogens (primary N) is 1. The molecule has 1 heterocycles. The Hall–Kier alpha value is -1.61. The summed E-state index contributed by atoms with van der Waals surface area (Å²) < 4.78 is 1.57. The minimum Gasteiger partial charge on any atom is -0.326 e. The maximum absolute atomic E-state index is 11.7. The molecule has 0 aliphatic carbocycles. The van der Waals surface area contributed by atoms with Crippen molar-refractivity contribution < 1.29 is 0 Å². The van der Waals surface area contributed by atoms with E-state index in [2.05, 4.69) is 0 Å². The lowest BCUT2D eigenvalue weighted by molar-refractivity contribution is 0.873. The van der Waals surface area contributed by atoms with Crippen LogP contribution in [0.3, 0.4) is 0 Å². The second-order valence-corrected chi connectivity index (χ2v) is 3.36. The molecule has 72 valence electrons. The largest absolute Gasteiger partial charge is 0.326 e. The van der Waals surface area contributed by atoms with Crippen molar-refractivity contribution in [2.75, 3.05) is 0 Å². The van der Waals surface area contributed by atoms with E-state index < -0.39 is 0 Å². The minimum absolute atomic E-state index is 0.0334. The van der Waals surface area contributed by atoms with E-state index in [-0.39, 0.29) is 5.56 Å². The van der Waals surface area contributed by atoms with Crippen molar-refractivity contribution in [1.82, 2.24) is 4.57 Å². The van der Waals surface area contributed by atoms with Gasteiger partial charge in [-0.2, -0.15) is 0 Å². The summed E-state index contributed by atoms with van der Waals surface area (Å²) in [6, 6.07) is 7.61. The van der Waals surface area contributed by atoms with Crippen molar-refractivity contribution in [2.45, 2.75) is 6.54 Å². The van der Waals surface area contributed by atoms with Crippen LogP contribution in [0.2, 0.25) is 0 Å². The zero-order valence-electron chi connectivity index (χ0n) is 8.03. The number of fused-ring (bicyclic) bond motifs is 1. The molecular weight excluding hydrogens is 176 g/mol. The lowest BCUT2D eigenvalue weighted by Crippen LogP contribution is -2.15. The molecule has 0 bridgehead atoms. The van der Waals surface area contributed by atoms with Crippen molar-refractivity contribution >= 4 is 10.8 Å². The minimum atomic E-state index is 0.0334. The normalized spacial score (nSPS) is 10.7. The maximum Gasteiger partial charge on any atom is 0.258 e. The van der Waals surface area contributed by atoms with Crippen LogP contribution in [0.5, 0.6) is 0 Å². The average Bonchev–Trinajstić information content (AvgIpc) is 2.23. The van der Waals surface area contributed by atoms with Crippen molar-refractivity contribution in [3.63, 3.8) is 0 Å². The molecule has 2 rings (SSSR count). The van der Waals surface area contributed by atoms with Gasteiger partial charge in [-0.3, -0.25) is 4.79 Å². The third kappa shape index (κ3) is 1.32. The second-order valence-electron chi connectivity index (χ2n) is 3.36. The van der Waals surface area contributed by atoms with Crippen molar-refractivity contribution in [3.8, 4) is 0 Å². The maximum atomic E-state index is 11.7. The fraction of sp³-hybridized carbons (Fsp3) is 0.182. The van der Waals surface area contributed by atoms with Crippen LogP contribution in [0, 0.1) is 0 Å². The SMILES string of the molecule is Cn1ccc2cc(CN)ccc2c1=O. The summed E-state index contributed by atoms with van der Waals surface area (Å²) in [4.78, 5) is 11.7. The van der Waals surface area contributed by atoms with Gasteiger partial charge in [-0.1, -0.05) is 6.07 Å². The van der Waals surface area contributed by atoms with Gasteiger partial charge in [0.15, 0.2) is 0 Å². The van der Waals surface area contributed by atoms with E-state index in [4.69, 9.17) is 5.73 Å². The van der Waals surface area contributed by atoms with Gasteiger partial charge in [-0.15, -0.1) is 0 Å². The Morgan fingerprint density at radius 3 is 2.86 bits per heavy atom. The summed E-state index contributed by atoms with van der Waals surface area (Å²) in [5.74, 6) is 0. The topological polar surface area (TPSA) is 48.0 Å². The number of hydrogen-bond acceptors (Lipinski definition) is 2. The van der Waals surface area contributed by atoms with Crippen molar-refractivity contribution in [3.05, 3.63) is 46.4 Å². The predicted molar refractivity (Wildman–Crippen MR) is 57.1 cm³/mol. The van der Waals surface area contributed by atoms with Crippen LogP contribution in [0.1, 0.15) is 5.56 Å². The van der Waals surface area contributed by atoms with E-state index in [1.807, 2.05) is 24.3 Å². The highest BCUT2D eigenvalue weighted by molar-refractivity contribution is 5.82. The first kappa shape index (κ1) is 8.97. The van der Waals surface area contributed by atoms with Crippen LogP contribution in [-0.2, 0) is 13.6 Å². The molecule has 0 radical (unpaired) electrons. The Bertz CT molecular complexity index is 528. The standard InChI is InChI=1S/C11H12N2O/c1-13-5-4-9-6-8(7-12)2-3-10(9)11(13)14/h2-6H,7,12H2,1H3. The first-order valence-electron chi connectivity index (χ1n) is 4.50. The van der Waals surface area contributed by atoms with Gasteiger partial charge < -0.3 is 10.3 Å². The lowest BCUT2D eigenvalue weighted by Gasteiger charge is -2.02. The molecule has 1 aromatic heterocycles. The zero-order valence-corrected chi connectivity index (χ0v) is 8.03. The highest BCUT2D eigenvalue weighted by atomic mass is 16.1. The van der Waals surface area contributed by atoms with Crippen LogP contribution in [-0.4, -0.2) is 4.57 Å². The third-order valence-electron chi connectivity index (χ3n) is 2.38. The molecule has 14 heavy (non-hydrogen) atoms. The Morgan fingerprint density at radius 2 is 2.14 bits per heavy atom. The molecule has 2 N–H and O–H groups in total. The van der Waals surface area contributed by atoms with Gasteiger partial charge >= 0.3 is 0 Å². The first-order chi connectivity index (χ1) is 6.72. The van der Waals surface area contributed by atoms with E-state index in [1.54, 1.807) is 17.8 Å². The molecule has 0 saturated heterocycles. The average molecular weight is 188 g/mol. The molecular formula is C11H12N2O. The highest BCUT2D eigenvalue weighted by Gasteiger charge is 2.00. The van der Waals surface area contributed by atoms with Gasteiger partial charge in [0.2, 0.25) is 0 Å². The molecule has 3 nitrogen and oxygen atoms in total. The summed E-state index contributed by atoms with van der Waals surface area (Å²) in [5, 5.41) is 1.70. The zero-order chi connectivity index (χ0) is 10.1. The molecule has 0 fully saturated rings. The fourth-order valence-electron chi connectivity index (χ4n) is 1.52. The van der Waals surface area contributed by atoms with Crippen LogP contribution < -0.4 is 11.3 Å². The third-order valence-corrected chi connectivity index (χ3v) is 2.38. The second kappa shape index (κ2) is 3.27. The summed E-state index contributed by atoms with van der Waals surface area (Å²) in [6.07, 6.45) is 1.77. The van der Waals surface area contributed by atoms with Crippen molar-refractivity contribution in [2.24, 2.45) is 12.8 Å². The molecule has 1 aromatic carbocycles. The predicted octanol–water partition coefficient (Wildman–Crippen LogP) is 0.997. The Labute approximate surface area is 81.8 Å². The Balaban J connectivity index is 2.81. The van der Waals surface area contributed by atoms with Gasteiger partial charge in [0.05, 0.1) is 0 Å². The number of rotatable bonds is 1. The molecule has 0 aliphatic heterocycles. The van der Waals surface area contributed by atoms with E-state index >= 15 is 0 Å². The van der Waals surface area contributed by atoms with Gasteiger partial charge in [0, 0.05) is 25.2 Å². The molecule has 0 saturated carbocycles. The molecule has 3 heteroatoms.